The highest BCUT2D eigenvalue weighted by Gasteiger charge is 2.38. The van der Waals surface area contributed by atoms with Gasteiger partial charge in [0.1, 0.15) is 0 Å². The Kier molecular flexibility index (Phi) is 9.08. The fraction of sp³-hybridized carbons (Fsp3) is 0.533. The van der Waals surface area contributed by atoms with Crippen LogP contribution in [0.25, 0.3) is 0 Å². The summed E-state index contributed by atoms with van der Waals surface area (Å²) >= 11 is 6.33. The minimum atomic E-state index is -0.450. The van der Waals surface area contributed by atoms with E-state index in [1.807, 2.05) is 13.0 Å². The maximum absolute atomic E-state index is 11.9. The van der Waals surface area contributed by atoms with Crippen molar-refractivity contribution in [1.29, 1.82) is 0 Å². The predicted octanol–water partition coefficient (Wildman–Crippen LogP) is 7.23. The molecular weight excluding hydrogens is 470 g/mol. The topological polar surface area (TPSA) is 53.9 Å². The minimum absolute atomic E-state index is 0.0714. The first-order valence-corrected chi connectivity index (χ1v) is 13.9. The summed E-state index contributed by atoms with van der Waals surface area (Å²) in [4.78, 5) is 18.7. The Morgan fingerprint density at radius 1 is 1.22 bits per heavy atom. The summed E-state index contributed by atoms with van der Waals surface area (Å²) in [6.07, 6.45) is 6.76. The van der Waals surface area contributed by atoms with E-state index < -0.39 is 6.09 Å². The van der Waals surface area contributed by atoms with Crippen LogP contribution >= 0.6 is 11.6 Å². The van der Waals surface area contributed by atoms with Gasteiger partial charge in [-0.2, -0.15) is 4.99 Å². The lowest BCUT2D eigenvalue weighted by Gasteiger charge is -2.45. The van der Waals surface area contributed by atoms with E-state index in [-0.39, 0.29) is 5.41 Å². The standard InChI is InChI=1S/C30H40ClN3O2/c1-4-30(16-17-32-24-11-7-8-12-25(19-24)33-29(35)36-5-2)21-34(20-23-10-6-9-13-27(23)30)26-14-15-28(31)22(3)18-26/h6,9-10,13-15,18,24,32H,4-5,7-8,11-12,16-17,19-21H2,1-3H3/b33-25+. The van der Waals surface area contributed by atoms with Crippen molar-refractivity contribution in [3.63, 3.8) is 0 Å². The molecule has 1 fully saturated rings. The first-order valence-electron chi connectivity index (χ1n) is 13.5. The van der Waals surface area contributed by atoms with Gasteiger partial charge in [0.2, 0.25) is 0 Å². The summed E-state index contributed by atoms with van der Waals surface area (Å²) in [6.45, 7) is 9.43. The van der Waals surface area contributed by atoms with Gasteiger partial charge in [-0.3, -0.25) is 0 Å². The van der Waals surface area contributed by atoms with Crippen LogP contribution in [0.2, 0.25) is 5.02 Å². The third kappa shape index (κ3) is 6.30. The molecule has 0 radical (unpaired) electrons. The average molecular weight is 510 g/mol. The van der Waals surface area contributed by atoms with E-state index in [4.69, 9.17) is 16.3 Å². The first kappa shape index (κ1) is 26.7. The molecule has 0 bridgehead atoms. The lowest BCUT2D eigenvalue weighted by atomic mass is 9.70. The number of ether oxygens (including phenoxy) is 1. The van der Waals surface area contributed by atoms with E-state index in [0.29, 0.717) is 12.6 Å². The third-order valence-corrected chi connectivity index (χ3v) is 8.35. The molecule has 194 valence electrons. The van der Waals surface area contributed by atoms with Crippen LogP contribution in [0.15, 0.2) is 47.5 Å². The van der Waals surface area contributed by atoms with Gasteiger partial charge in [0, 0.05) is 47.4 Å². The van der Waals surface area contributed by atoms with Gasteiger partial charge in [0.25, 0.3) is 0 Å². The first-order chi connectivity index (χ1) is 17.4. The van der Waals surface area contributed by atoms with Crippen LogP contribution in [-0.2, 0) is 16.7 Å². The number of nitrogens with one attached hydrogen (secondary N) is 1. The Labute approximate surface area is 221 Å². The largest absolute Gasteiger partial charge is 0.448 e. The highest BCUT2D eigenvalue weighted by molar-refractivity contribution is 6.31. The average Bonchev–Trinajstić information content (AvgIpc) is 3.10. The van der Waals surface area contributed by atoms with Gasteiger partial charge < -0.3 is 15.0 Å². The molecule has 2 aromatic carbocycles. The molecule has 5 nitrogen and oxygen atoms in total. The number of anilines is 1. The summed E-state index contributed by atoms with van der Waals surface area (Å²) < 4.78 is 5.04. The Hall–Kier alpha value is -2.37. The monoisotopic (exact) mass is 509 g/mol. The second-order valence-corrected chi connectivity index (χ2v) is 10.7. The molecule has 2 aliphatic rings. The second-order valence-electron chi connectivity index (χ2n) is 10.3. The molecule has 0 spiro atoms. The van der Waals surface area contributed by atoms with Crippen LogP contribution in [-0.4, -0.2) is 37.5 Å². The quantitative estimate of drug-likeness (QED) is 0.400. The maximum Gasteiger partial charge on any atom is 0.433 e. The molecule has 1 N–H and O–H groups in total. The second kappa shape index (κ2) is 12.2. The molecule has 0 saturated heterocycles. The lowest BCUT2D eigenvalue weighted by Crippen LogP contribution is -2.47. The highest BCUT2D eigenvalue weighted by Crippen LogP contribution is 2.41. The number of fused-ring (bicyclic) bond motifs is 1. The lowest BCUT2D eigenvalue weighted by molar-refractivity contribution is 0.163. The van der Waals surface area contributed by atoms with Gasteiger partial charge in [0.15, 0.2) is 0 Å². The minimum Gasteiger partial charge on any atom is -0.448 e. The zero-order chi connectivity index (χ0) is 25.5. The Bertz CT molecular complexity index is 1090. The van der Waals surface area contributed by atoms with Crippen molar-refractivity contribution in [3.05, 3.63) is 64.2 Å². The number of carbonyl (C=O) groups excluding carboxylic acids is 1. The molecule has 0 aromatic heterocycles. The van der Waals surface area contributed by atoms with Gasteiger partial charge in [-0.1, -0.05) is 49.2 Å². The Balaban J connectivity index is 1.49. The smallest absolute Gasteiger partial charge is 0.433 e. The van der Waals surface area contributed by atoms with Crippen molar-refractivity contribution < 1.29 is 9.53 Å². The van der Waals surface area contributed by atoms with Crippen LogP contribution in [0.5, 0.6) is 0 Å². The number of hydrogen-bond donors (Lipinski definition) is 1. The SMILES string of the molecule is CCOC(=O)/N=C1\CCCCC(NCCC2(CC)CN(c3ccc(Cl)c(C)c3)Cc3ccccc32)C1. The van der Waals surface area contributed by atoms with Gasteiger partial charge >= 0.3 is 6.09 Å². The Morgan fingerprint density at radius 3 is 2.83 bits per heavy atom. The molecule has 1 heterocycles. The molecule has 36 heavy (non-hydrogen) atoms. The van der Waals surface area contributed by atoms with Crippen molar-refractivity contribution in [2.75, 3.05) is 24.6 Å². The fourth-order valence-electron chi connectivity index (χ4n) is 5.87. The summed E-state index contributed by atoms with van der Waals surface area (Å²) in [5.74, 6) is 0. The van der Waals surface area contributed by atoms with Gasteiger partial charge in [-0.25, -0.2) is 4.79 Å². The van der Waals surface area contributed by atoms with Gasteiger partial charge in [-0.15, -0.1) is 0 Å². The number of hydrogen-bond acceptors (Lipinski definition) is 4. The number of rotatable bonds is 7. The number of halogens is 1. The zero-order valence-electron chi connectivity index (χ0n) is 22.0. The van der Waals surface area contributed by atoms with Crippen LogP contribution in [0.3, 0.4) is 0 Å². The van der Waals surface area contributed by atoms with Crippen molar-refractivity contribution in [1.82, 2.24) is 5.32 Å². The molecule has 1 aliphatic heterocycles. The van der Waals surface area contributed by atoms with Crippen molar-refractivity contribution in [3.8, 4) is 0 Å². The van der Waals surface area contributed by atoms with E-state index in [1.54, 1.807) is 0 Å². The van der Waals surface area contributed by atoms with Crippen LogP contribution < -0.4 is 10.2 Å². The summed E-state index contributed by atoms with van der Waals surface area (Å²) in [7, 11) is 0. The molecule has 6 heteroatoms. The molecule has 2 aromatic rings. The van der Waals surface area contributed by atoms with Crippen molar-refractivity contribution in [2.45, 2.75) is 83.7 Å². The van der Waals surface area contributed by atoms with E-state index in [1.165, 1.54) is 16.8 Å². The summed E-state index contributed by atoms with van der Waals surface area (Å²) in [5, 5.41) is 4.65. The van der Waals surface area contributed by atoms with E-state index in [9.17, 15) is 4.79 Å². The van der Waals surface area contributed by atoms with Crippen LogP contribution in [0.4, 0.5) is 10.5 Å². The maximum atomic E-state index is 11.9. The number of aryl methyl sites for hydroxylation is 1. The van der Waals surface area contributed by atoms with Gasteiger partial charge in [0.05, 0.1) is 6.61 Å². The number of aliphatic imine (C=N–C) groups is 1. The zero-order valence-corrected chi connectivity index (χ0v) is 22.7. The highest BCUT2D eigenvalue weighted by atomic mass is 35.5. The van der Waals surface area contributed by atoms with Gasteiger partial charge in [-0.05, 0) is 87.4 Å². The molecule has 1 saturated carbocycles. The molecular formula is C30H40ClN3O2. The Morgan fingerprint density at radius 2 is 2.06 bits per heavy atom. The number of amides is 1. The van der Waals surface area contributed by atoms with Crippen LogP contribution in [0, 0.1) is 6.92 Å². The normalized spacial score (nSPS) is 23.3. The van der Waals surface area contributed by atoms with Crippen molar-refractivity contribution in [2.24, 2.45) is 4.99 Å². The molecule has 2 unspecified atom stereocenters. The van der Waals surface area contributed by atoms with E-state index in [2.05, 4.69) is 65.5 Å². The number of benzene rings is 2. The van der Waals surface area contributed by atoms with E-state index >= 15 is 0 Å². The molecule has 1 amide bonds. The molecule has 4 rings (SSSR count). The third-order valence-electron chi connectivity index (χ3n) is 7.93. The molecule has 1 aliphatic carbocycles. The number of carbonyl (C=O) groups is 1. The summed E-state index contributed by atoms with van der Waals surface area (Å²) in [5.41, 5.74) is 6.30. The van der Waals surface area contributed by atoms with Crippen molar-refractivity contribution >= 4 is 29.1 Å². The number of nitrogens with zero attached hydrogens (tertiary/aromatic N) is 2. The molecule has 2 atom stereocenters. The fourth-order valence-corrected chi connectivity index (χ4v) is 5.99. The van der Waals surface area contributed by atoms with Crippen LogP contribution in [0.1, 0.15) is 75.5 Å². The van der Waals surface area contributed by atoms with E-state index in [0.717, 1.165) is 80.9 Å². The predicted molar refractivity (Wildman–Crippen MR) is 150 cm³/mol. The summed E-state index contributed by atoms with van der Waals surface area (Å²) in [6, 6.07) is 15.7.